The fourth-order valence-corrected chi connectivity index (χ4v) is 2.98. The summed E-state index contributed by atoms with van der Waals surface area (Å²) in [5.41, 5.74) is 2.54. The lowest BCUT2D eigenvalue weighted by atomic mass is 10.1. The first-order valence-corrected chi connectivity index (χ1v) is 8.42. The molecule has 0 saturated carbocycles. The molecule has 1 amide bonds. The number of nitrogens with zero attached hydrogens (tertiary/aromatic N) is 2. The summed E-state index contributed by atoms with van der Waals surface area (Å²) < 4.78 is 0. The Bertz CT molecular complexity index is 464. The van der Waals surface area contributed by atoms with Crippen LogP contribution in [0.5, 0.6) is 0 Å². The highest BCUT2D eigenvalue weighted by Gasteiger charge is 2.18. The van der Waals surface area contributed by atoms with Crippen molar-refractivity contribution in [2.75, 3.05) is 31.5 Å². The summed E-state index contributed by atoms with van der Waals surface area (Å²) in [5.74, 6) is 0.191. The molecule has 0 bridgehead atoms. The molecule has 1 aromatic carbocycles. The second-order valence-electron chi connectivity index (χ2n) is 6.31. The SMILES string of the molecule is CCC[C@@H](C)Nc1ccc(CN2CCN(C(C)=O)CC2)cc1. The summed E-state index contributed by atoms with van der Waals surface area (Å²) in [6.07, 6.45) is 2.40. The van der Waals surface area contributed by atoms with Crippen molar-refractivity contribution in [3.05, 3.63) is 29.8 Å². The van der Waals surface area contributed by atoms with Gasteiger partial charge in [-0.1, -0.05) is 25.5 Å². The van der Waals surface area contributed by atoms with Gasteiger partial charge in [0.2, 0.25) is 5.91 Å². The second kappa shape index (κ2) is 8.18. The first-order valence-electron chi connectivity index (χ1n) is 8.42. The third kappa shape index (κ3) is 5.02. The van der Waals surface area contributed by atoms with Gasteiger partial charge in [0.15, 0.2) is 0 Å². The first kappa shape index (κ1) is 16.8. The number of hydrogen-bond donors (Lipinski definition) is 1. The van der Waals surface area contributed by atoms with Crippen LogP contribution in [0.1, 0.15) is 39.2 Å². The van der Waals surface area contributed by atoms with Crippen LogP contribution in [0.25, 0.3) is 0 Å². The molecule has 1 atom stereocenters. The fraction of sp³-hybridized carbons (Fsp3) is 0.611. The molecular formula is C18H29N3O. The van der Waals surface area contributed by atoms with E-state index in [-0.39, 0.29) is 5.91 Å². The molecule has 1 saturated heterocycles. The van der Waals surface area contributed by atoms with Gasteiger partial charge in [-0.3, -0.25) is 9.69 Å². The topological polar surface area (TPSA) is 35.6 Å². The quantitative estimate of drug-likeness (QED) is 0.877. The summed E-state index contributed by atoms with van der Waals surface area (Å²) in [6, 6.07) is 9.28. The van der Waals surface area contributed by atoms with Crippen molar-refractivity contribution >= 4 is 11.6 Å². The lowest BCUT2D eigenvalue weighted by Crippen LogP contribution is -2.47. The molecule has 1 aliphatic rings. The fourth-order valence-electron chi connectivity index (χ4n) is 2.98. The van der Waals surface area contributed by atoms with Crippen molar-refractivity contribution in [1.82, 2.24) is 9.80 Å². The van der Waals surface area contributed by atoms with E-state index >= 15 is 0 Å². The minimum Gasteiger partial charge on any atom is -0.383 e. The van der Waals surface area contributed by atoms with Gasteiger partial charge in [-0.05, 0) is 31.0 Å². The van der Waals surface area contributed by atoms with Crippen LogP contribution in [-0.2, 0) is 11.3 Å². The van der Waals surface area contributed by atoms with Crippen LogP contribution in [0.2, 0.25) is 0 Å². The standard InChI is InChI=1S/C18H29N3O/c1-4-5-15(2)19-18-8-6-17(7-9-18)14-20-10-12-21(13-11-20)16(3)22/h6-9,15,19H,4-5,10-14H2,1-3H3/t15-/m1/s1. The van der Waals surface area contributed by atoms with Gasteiger partial charge in [0.1, 0.15) is 0 Å². The van der Waals surface area contributed by atoms with Gasteiger partial charge in [-0.2, -0.15) is 0 Å². The van der Waals surface area contributed by atoms with Gasteiger partial charge in [0.05, 0.1) is 0 Å². The molecule has 4 nitrogen and oxygen atoms in total. The Hall–Kier alpha value is -1.55. The van der Waals surface area contributed by atoms with Crippen molar-refractivity contribution in [3.63, 3.8) is 0 Å². The van der Waals surface area contributed by atoms with Crippen LogP contribution in [0.3, 0.4) is 0 Å². The smallest absolute Gasteiger partial charge is 0.219 e. The maximum absolute atomic E-state index is 11.3. The predicted molar refractivity (Wildman–Crippen MR) is 92.0 cm³/mol. The molecule has 1 heterocycles. The van der Waals surface area contributed by atoms with Crippen molar-refractivity contribution < 1.29 is 4.79 Å². The lowest BCUT2D eigenvalue weighted by molar-refractivity contribution is -0.130. The number of carbonyl (C=O) groups is 1. The Balaban J connectivity index is 1.80. The molecular weight excluding hydrogens is 274 g/mol. The van der Waals surface area contributed by atoms with Crippen LogP contribution in [0.15, 0.2) is 24.3 Å². The number of anilines is 1. The van der Waals surface area contributed by atoms with Gasteiger partial charge in [-0.15, -0.1) is 0 Å². The Morgan fingerprint density at radius 1 is 1.18 bits per heavy atom. The van der Waals surface area contributed by atoms with Crippen LogP contribution >= 0.6 is 0 Å². The van der Waals surface area contributed by atoms with Gasteiger partial charge in [0.25, 0.3) is 0 Å². The van der Waals surface area contributed by atoms with Gasteiger partial charge >= 0.3 is 0 Å². The summed E-state index contributed by atoms with van der Waals surface area (Å²) in [7, 11) is 0. The van der Waals surface area contributed by atoms with E-state index in [9.17, 15) is 4.79 Å². The number of benzene rings is 1. The molecule has 0 aromatic heterocycles. The highest BCUT2D eigenvalue weighted by atomic mass is 16.2. The molecule has 1 aromatic rings. The number of rotatable bonds is 6. The normalized spacial score (nSPS) is 17.3. The molecule has 1 N–H and O–H groups in total. The molecule has 0 radical (unpaired) electrons. The third-order valence-corrected chi connectivity index (χ3v) is 4.31. The predicted octanol–water partition coefficient (Wildman–Crippen LogP) is 2.95. The molecule has 22 heavy (non-hydrogen) atoms. The molecule has 0 spiro atoms. The van der Waals surface area contributed by atoms with E-state index in [0.717, 1.165) is 32.7 Å². The van der Waals surface area contributed by atoms with Crippen LogP contribution < -0.4 is 5.32 Å². The van der Waals surface area contributed by atoms with Crippen molar-refractivity contribution in [2.24, 2.45) is 0 Å². The van der Waals surface area contributed by atoms with E-state index in [4.69, 9.17) is 0 Å². The molecule has 1 fully saturated rings. The number of hydrogen-bond acceptors (Lipinski definition) is 3. The van der Waals surface area contributed by atoms with E-state index in [2.05, 4.69) is 48.3 Å². The maximum atomic E-state index is 11.3. The summed E-state index contributed by atoms with van der Waals surface area (Å²) in [4.78, 5) is 15.7. The lowest BCUT2D eigenvalue weighted by Gasteiger charge is -2.34. The minimum absolute atomic E-state index is 0.191. The Morgan fingerprint density at radius 2 is 1.82 bits per heavy atom. The zero-order valence-corrected chi connectivity index (χ0v) is 14.1. The van der Waals surface area contributed by atoms with Crippen LogP contribution in [0.4, 0.5) is 5.69 Å². The first-order chi connectivity index (χ1) is 10.6. The Labute approximate surface area is 134 Å². The average molecular weight is 303 g/mol. The van der Waals surface area contributed by atoms with Gasteiger partial charge < -0.3 is 10.2 Å². The number of amides is 1. The van der Waals surface area contributed by atoms with E-state index in [1.54, 1.807) is 6.92 Å². The second-order valence-corrected chi connectivity index (χ2v) is 6.31. The largest absolute Gasteiger partial charge is 0.383 e. The third-order valence-electron chi connectivity index (χ3n) is 4.31. The highest BCUT2D eigenvalue weighted by molar-refractivity contribution is 5.73. The van der Waals surface area contributed by atoms with Crippen LogP contribution in [0, 0.1) is 0 Å². The van der Waals surface area contributed by atoms with Crippen molar-refractivity contribution in [2.45, 2.75) is 46.2 Å². The van der Waals surface area contributed by atoms with Gasteiger partial charge in [-0.25, -0.2) is 0 Å². The van der Waals surface area contributed by atoms with Crippen molar-refractivity contribution in [3.8, 4) is 0 Å². The van der Waals surface area contributed by atoms with Crippen LogP contribution in [-0.4, -0.2) is 47.9 Å². The Kier molecular flexibility index (Phi) is 6.25. The van der Waals surface area contributed by atoms with E-state index in [1.165, 1.54) is 24.1 Å². The molecule has 4 heteroatoms. The summed E-state index contributed by atoms with van der Waals surface area (Å²) >= 11 is 0. The van der Waals surface area contributed by atoms with E-state index in [0.29, 0.717) is 6.04 Å². The molecule has 122 valence electrons. The Morgan fingerprint density at radius 3 is 2.36 bits per heavy atom. The van der Waals surface area contributed by atoms with E-state index in [1.807, 2.05) is 4.90 Å². The molecule has 0 aliphatic carbocycles. The highest BCUT2D eigenvalue weighted by Crippen LogP contribution is 2.15. The number of piperazine rings is 1. The maximum Gasteiger partial charge on any atom is 0.219 e. The molecule has 1 aliphatic heterocycles. The molecule has 2 rings (SSSR count). The number of carbonyl (C=O) groups excluding carboxylic acids is 1. The average Bonchev–Trinajstić information content (AvgIpc) is 2.50. The zero-order chi connectivity index (χ0) is 15.9. The number of nitrogens with one attached hydrogen (secondary N) is 1. The summed E-state index contributed by atoms with van der Waals surface area (Å²) in [6.45, 7) is 10.7. The molecule has 0 unspecified atom stereocenters. The minimum atomic E-state index is 0.191. The monoisotopic (exact) mass is 303 g/mol. The van der Waals surface area contributed by atoms with Crippen molar-refractivity contribution in [1.29, 1.82) is 0 Å². The van der Waals surface area contributed by atoms with E-state index < -0.39 is 0 Å². The summed E-state index contributed by atoms with van der Waals surface area (Å²) in [5, 5.41) is 3.53. The van der Waals surface area contributed by atoms with Gasteiger partial charge in [0, 0.05) is 51.4 Å². The zero-order valence-electron chi connectivity index (χ0n) is 14.1.